The van der Waals surface area contributed by atoms with Crippen molar-refractivity contribution in [2.45, 2.75) is 43.1 Å². The molecule has 5 heteroatoms. The van der Waals surface area contributed by atoms with Crippen LogP contribution in [0.4, 0.5) is 0 Å². The van der Waals surface area contributed by atoms with Crippen LogP contribution in [0.5, 0.6) is 5.75 Å². The van der Waals surface area contributed by atoms with E-state index >= 15 is 0 Å². The number of piperidine rings is 1. The Balaban J connectivity index is 1.48. The molecule has 1 N–H and O–H groups in total. The Morgan fingerprint density at radius 2 is 2.03 bits per heavy atom. The zero-order valence-electron chi connectivity index (χ0n) is 18.5. The number of β-amino-alcohol motifs (C(OH)–C–C–N with tert-alkyl or cyclic N) is 1. The third kappa shape index (κ3) is 3.32. The molecular weight excluding hydrogens is 420 g/mol. The first-order valence-electron chi connectivity index (χ1n) is 11.7. The first kappa shape index (κ1) is 20.5. The fourth-order valence-corrected chi connectivity index (χ4v) is 6.24. The summed E-state index contributed by atoms with van der Waals surface area (Å²) >= 11 is 6.25. The van der Waals surface area contributed by atoms with Gasteiger partial charge in [0.1, 0.15) is 5.75 Å². The van der Waals surface area contributed by atoms with Crippen molar-refractivity contribution in [2.75, 3.05) is 26.7 Å². The number of nitrogens with zero attached hydrogens (tertiary/aromatic N) is 2. The molecule has 0 unspecified atom stereocenters. The molecule has 3 aliphatic rings. The quantitative estimate of drug-likeness (QED) is 0.623. The summed E-state index contributed by atoms with van der Waals surface area (Å²) in [5, 5.41) is 14.2. The van der Waals surface area contributed by atoms with Gasteiger partial charge in [-0.1, -0.05) is 23.7 Å². The smallest absolute Gasteiger partial charge is 0.119 e. The lowest BCUT2D eigenvalue weighted by atomic mass is 9.56. The molecule has 2 aromatic carbocycles. The minimum absolute atomic E-state index is 0.373. The Kier molecular flexibility index (Phi) is 4.76. The van der Waals surface area contributed by atoms with Crippen LogP contribution in [0.2, 0.25) is 5.02 Å². The number of aliphatic hydroxyl groups is 1. The molecule has 6 rings (SSSR count). The molecule has 2 heterocycles. The number of likely N-dealkylation sites (tertiary alicyclic amines) is 1. The number of halogens is 1. The van der Waals surface area contributed by atoms with E-state index in [1.807, 2.05) is 30.3 Å². The maximum Gasteiger partial charge on any atom is 0.119 e. The van der Waals surface area contributed by atoms with Gasteiger partial charge in [0.05, 0.1) is 18.2 Å². The van der Waals surface area contributed by atoms with Crippen LogP contribution in [-0.2, 0) is 18.3 Å². The third-order valence-corrected chi connectivity index (χ3v) is 8.20. The minimum Gasteiger partial charge on any atom is -0.497 e. The van der Waals surface area contributed by atoms with Crippen molar-refractivity contribution in [2.24, 2.45) is 5.92 Å². The standard InChI is InChI=1S/C27H29ClN2O2/c1-32-23-4-2-3-21(13-23)26-9-10-30(16-18-5-6-18)17-27(26,31)14-20-11-19-12-22(28)7-8-24(19)29-25(20)15-26/h2-4,7-8,11-13,18,31H,5-6,9-10,14-17H2,1H3/t26-,27-/m0/s1. The summed E-state index contributed by atoms with van der Waals surface area (Å²) in [5.74, 6) is 1.65. The van der Waals surface area contributed by atoms with Crippen LogP contribution in [0.15, 0.2) is 48.5 Å². The monoisotopic (exact) mass is 448 g/mol. The number of ether oxygens (including phenoxy) is 1. The van der Waals surface area contributed by atoms with Gasteiger partial charge in [-0.2, -0.15) is 0 Å². The highest BCUT2D eigenvalue weighted by molar-refractivity contribution is 6.31. The van der Waals surface area contributed by atoms with Gasteiger partial charge >= 0.3 is 0 Å². The van der Waals surface area contributed by atoms with Crippen LogP contribution in [0.1, 0.15) is 36.1 Å². The van der Waals surface area contributed by atoms with E-state index in [9.17, 15) is 5.11 Å². The Bertz CT molecular complexity index is 1190. The number of hydrogen-bond acceptors (Lipinski definition) is 4. The molecule has 0 spiro atoms. The molecule has 0 amide bonds. The van der Waals surface area contributed by atoms with Crippen molar-refractivity contribution in [3.8, 4) is 5.75 Å². The molecule has 0 radical (unpaired) electrons. The minimum atomic E-state index is -0.854. The third-order valence-electron chi connectivity index (χ3n) is 7.96. The maximum atomic E-state index is 12.4. The van der Waals surface area contributed by atoms with E-state index in [2.05, 4.69) is 23.1 Å². The van der Waals surface area contributed by atoms with E-state index in [0.717, 1.165) is 65.3 Å². The molecule has 2 fully saturated rings. The number of pyridine rings is 1. The van der Waals surface area contributed by atoms with Gasteiger partial charge in [-0.05, 0) is 79.3 Å². The Morgan fingerprint density at radius 1 is 1.16 bits per heavy atom. The molecule has 32 heavy (non-hydrogen) atoms. The fourth-order valence-electron chi connectivity index (χ4n) is 6.06. The number of hydrogen-bond donors (Lipinski definition) is 1. The molecule has 3 aromatic rings. The maximum absolute atomic E-state index is 12.4. The fraction of sp³-hybridized carbons (Fsp3) is 0.444. The highest BCUT2D eigenvalue weighted by Crippen LogP contribution is 2.51. The van der Waals surface area contributed by atoms with Gasteiger partial charge < -0.3 is 14.7 Å². The van der Waals surface area contributed by atoms with Crippen molar-refractivity contribution in [1.82, 2.24) is 9.88 Å². The van der Waals surface area contributed by atoms with Gasteiger partial charge in [-0.25, -0.2) is 0 Å². The second-order valence-electron chi connectivity index (χ2n) is 10.1. The Labute approximate surface area is 194 Å². The summed E-state index contributed by atoms with van der Waals surface area (Å²) in [6, 6.07) is 16.4. The van der Waals surface area contributed by atoms with Crippen LogP contribution >= 0.6 is 11.6 Å². The zero-order chi connectivity index (χ0) is 21.9. The van der Waals surface area contributed by atoms with Crippen molar-refractivity contribution in [1.29, 1.82) is 0 Å². The molecular formula is C27H29ClN2O2. The SMILES string of the molecule is COc1cccc([C@@]23CCN(CC4CC4)C[C@@]2(O)Cc2cc4cc(Cl)ccc4nc2C3)c1. The summed E-state index contributed by atoms with van der Waals surface area (Å²) in [6.45, 7) is 2.82. The number of methoxy groups -OCH3 is 1. The molecule has 0 bridgehead atoms. The van der Waals surface area contributed by atoms with Crippen molar-refractivity contribution < 1.29 is 9.84 Å². The largest absolute Gasteiger partial charge is 0.497 e. The van der Waals surface area contributed by atoms with Crippen LogP contribution < -0.4 is 4.74 Å². The van der Waals surface area contributed by atoms with Crippen molar-refractivity contribution >= 4 is 22.5 Å². The van der Waals surface area contributed by atoms with Gasteiger partial charge in [0.15, 0.2) is 0 Å². The average Bonchev–Trinajstić information content (AvgIpc) is 3.60. The summed E-state index contributed by atoms with van der Waals surface area (Å²) < 4.78 is 5.56. The van der Waals surface area contributed by atoms with E-state index in [-0.39, 0.29) is 5.41 Å². The molecule has 4 nitrogen and oxygen atoms in total. The highest BCUT2D eigenvalue weighted by atomic mass is 35.5. The molecule has 1 saturated heterocycles. The number of fused-ring (bicyclic) bond motifs is 3. The van der Waals surface area contributed by atoms with E-state index in [0.29, 0.717) is 18.0 Å². The molecule has 2 aliphatic carbocycles. The normalized spacial score (nSPS) is 27.7. The van der Waals surface area contributed by atoms with Crippen molar-refractivity contribution in [3.63, 3.8) is 0 Å². The van der Waals surface area contributed by atoms with E-state index in [4.69, 9.17) is 21.3 Å². The van der Waals surface area contributed by atoms with Crippen LogP contribution in [0.3, 0.4) is 0 Å². The lowest BCUT2D eigenvalue weighted by molar-refractivity contribution is -0.104. The number of aromatic nitrogens is 1. The topological polar surface area (TPSA) is 45.6 Å². The highest BCUT2D eigenvalue weighted by Gasteiger charge is 2.57. The Hall–Kier alpha value is -2.14. The van der Waals surface area contributed by atoms with Crippen LogP contribution in [0, 0.1) is 5.92 Å². The summed E-state index contributed by atoms with van der Waals surface area (Å²) in [4.78, 5) is 7.55. The molecule has 1 aliphatic heterocycles. The first-order valence-corrected chi connectivity index (χ1v) is 12.0. The number of rotatable bonds is 4. The molecule has 2 atom stereocenters. The van der Waals surface area contributed by atoms with Gasteiger partial charge in [0.25, 0.3) is 0 Å². The van der Waals surface area contributed by atoms with Gasteiger partial charge in [0, 0.05) is 47.4 Å². The summed E-state index contributed by atoms with van der Waals surface area (Å²) in [5.41, 5.74) is 3.14. The predicted octanol–water partition coefficient (Wildman–Crippen LogP) is 4.78. The molecule has 1 aromatic heterocycles. The van der Waals surface area contributed by atoms with Gasteiger partial charge in [-0.3, -0.25) is 4.98 Å². The van der Waals surface area contributed by atoms with E-state index in [1.54, 1.807) is 7.11 Å². The van der Waals surface area contributed by atoms with Gasteiger partial charge in [-0.15, -0.1) is 0 Å². The molecule has 1 saturated carbocycles. The van der Waals surface area contributed by atoms with Crippen LogP contribution in [0.25, 0.3) is 10.9 Å². The van der Waals surface area contributed by atoms with E-state index in [1.165, 1.54) is 12.8 Å². The van der Waals surface area contributed by atoms with Crippen molar-refractivity contribution in [3.05, 3.63) is 70.4 Å². The number of benzene rings is 2. The summed E-state index contributed by atoms with van der Waals surface area (Å²) in [7, 11) is 1.70. The lowest BCUT2D eigenvalue weighted by Gasteiger charge is -2.56. The second kappa shape index (κ2) is 7.44. The Morgan fingerprint density at radius 3 is 2.84 bits per heavy atom. The summed E-state index contributed by atoms with van der Waals surface area (Å²) in [6.07, 6.45) is 4.92. The second-order valence-corrected chi connectivity index (χ2v) is 10.5. The lowest BCUT2D eigenvalue weighted by Crippen LogP contribution is -2.66. The van der Waals surface area contributed by atoms with Crippen LogP contribution in [-0.4, -0.2) is 47.3 Å². The molecule has 166 valence electrons. The van der Waals surface area contributed by atoms with E-state index < -0.39 is 5.60 Å². The zero-order valence-corrected chi connectivity index (χ0v) is 19.2. The predicted molar refractivity (Wildman–Crippen MR) is 128 cm³/mol. The first-order chi connectivity index (χ1) is 15.5. The average molecular weight is 449 g/mol. The van der Waals surface area contributed by atoms with Gasteiger partial charge in [0.2, 0.25) is 0 Å².